The van der Waals surface area contributed by atoms with Crippen LogP contribution in [0.3, 0.4) is 0 Å². The first-order valence-electron chi connectivity index (χ1n) is 8.45. The van der Waals surface area contributed by atoms with Gasteiger partial charge in [0.05, 0.1) is 5.75 Å². The van der Waals surface area contributed by atoms with Gasteiger partial charge in [-0.2, -0.15) is 0 Å². The highest BCUT2D eigenvalue weighted by Crippen LogP contribution is 2.23. The summed E-state index contributed by atoms with van der Waals surface area (Å²) < 4.78 is 40.3. The van der Waals surface area contributed by atoms with Crippen molar-refractivity contribution in [1.29, 1.82) is 0 Å². The molecule has 6 heteroatoms. The Kier molecular flexibility index (Phi) is 5.39. The molecule has 1 heterocycles. The molecule has 0 aliphatic carbocycles. The van der Waals surface area contributed by atoms with Crippen LogP contribution in [0.25, 0.3) is 0 Å². The Labute approximate surface area is 148 Å². The van der Waals surface area contributed by atoms with E-state index in [0.29, 0.717) is 6.54 Å². The molecule has 0 aromatic heterocycles. The van der Waals surface area contributed by atoms with Crippen molar-refractivity contribution in [2.45, 2.75) is 19.1 Å². The van der Waals surface area contributed by atoms with E-state index in [4.69, 9.17) is 0 Å². The standard InChI is InChI=1S/C19H23FN2O2S/c1-15-3-2-4-16(11-15)14-25(23,24)21-12-17-9-10-22(13-17)19-7-5-18(20)6-8-19/h2-8,11,17,21H,9-10,12-14H2,1H3. The number of aryl methyl sites for hydroxylation is 1. The van der Waals surface area contributed by atoms with Crippen LogP contribution in [0.2, 0.25) is 0 Å². The van der Waals surface area contributed by atoms with Gasteiger partial charge < -0.3 is 4.90 Å². The number of sulfonamides is 1. The van der Waals surface area contributed by atoms with E-state index in [2.05, 4.69) is 9.62 Å². The molecule has 25 heavy (non-hydrogen) atoms. The van der Waals surface area contributed by atoms with Crippen molar-refractivity contribution in [3.8, 4) is 0 Å². The second-order valence-electron chi connectivity index (χ2n) is 6.67. The van der Waals surface area contributed by atoms with Crippen LogP contribution in [0, 0.1) is 18.7 Å². The minimum absolute atomic E-state index is 0.00305. The zero-order valence-electron chi connectivity index (χ0n) is 14.3. The van der Waals surface area contributed by atoms with Crippen LogP contribution in [0.15, 0.2) is 48.5 Å². The molecule has 1 N–H and O–H groups in total. The number of benzene rings is 2. The van der Waals surface area contributed by atoms with Crippen LogP contribution in [0.4, 0.5) is 10.1 Å². The SMILES string of the molecule is Cc1cccc(CS(=O)(=O)NCC2CCN(c3ccc(F)cc3)C2)c1. The first-order chi connectivity index (χ1) is 11.9. The predicted molar refractivity (Wildman–Crippen MR) is 98.5 cm³/mol. The van der Waals surface area contributed by atoms with Crippen molar-refractivity contribution >= 4 is 15.7 Å². The van der Waals surface area contributed by atoms with Crippen LogP contribution < -0.4 is 9.62 Å². The van der Waals surface area contributed by atoms with E-state index in [0.717, 1.165) is 36.3 Å². The van der Waals surface area contributed by atoms with Gasteiger partial charge in [-0.05, 0) is 49.1 Å². The van der Waals surface area contributed by atoms with Crippen molar-refractivity contribution < 1.29 is 12.8 Å². The van der Waals surface area contributed by atoms with Crippen molar-refractivity contribution in [1.82, 2.24) is 4.72 Å². The molecular weight excluding hydrogens is 339 g/mol. The summed E-state index contributed by atoms with van der Waals surface area (Å²) in [6, 6.07) is 14.0. The van der Waals surface area contributed by atoms with Crippen molar-refractivity contribution in [2.75, 3.05) is 24.5 Å². The Bertz CT molecular complexity index is 822. The number of halogens is 1. The van der Waals surface area contributed by atoms with Gasteiger partial charge in [0.25, 0.3) is 0 Å². The lowest BCUT2D eigenvalue weighted by Crippen LogP contribution is -2.32. The molecule has 2 aromatic carbocycles. The first-order valence-corrected chi connectivity index (χ1v) is 10.1. The number of hydrogen-bond donors (Lipinski definition) is 1. The fourth-order valence-corrected chi connectivity index (χ4v) is 4.41. The van der Waals surface area contributed by atoms with Gasteiger partial charge >= 0.3 is 0 Å². The van der Waals surface area contributed by atoms with Crippen LogP contribution in [-0.2, 0) is 15.8 Å². The summed E-state index contributed by atoms with van der Waals surface area (Å²) in [5.74, 6) is 0.0176. The Morgan fingerprint density at radius 2 is 1.96 bits per heavy atom. The van der Waals surface area contributed by atoms with E-state index >= 15 is 0 Å². The van der Waals surface area contributed by atoms with Crippen molar-refractivity contribution in [2.24, 2.45) is 5.92 Å². The zero-order valence-corrected chi connectivity index (χ0v) is 15.1. The summed E-state index contributed by atoms with van der Waals surface area (Å²) in [5, 5.41) is 0. The highest BCUT2D eigenvalue weighted by atomic mass is 32.2. The van der Waals surface area contributed by atoms with E-state index in [1.165, 1.54) is 12.1 Å². The summed E-state index contributed by atoms with van der Waals surface area (Å²) in [7, 11) is -3.34. The van der Waals surface area contributed by atoms with Gasteiger partial charge in [-0.15, -0.1) is 0 Å². The summed E-state index contributed by atoms with van der Waals surface area (Å²) in [5.41, 5.74) is 2.83. The molecule has 0 spiro atoms. The van der Waals surface area contributed by atoms with Crippen molar-refractivity contribution in [3.05, 3.63) is 65.5 Å². The Morgan fingerprint density at radius 3 is 2.68 bits per heavy atom. The maximum atomic E-state index is 13.0. The molecule has 1 aliphatic heterocycles. The van der Waals surface area contributed by atoms with Gasteiger partial charge in [0.2, 0.25) is 10.0 Å². The van der Waals surface area contributed by atoms with Gasteiger partial charge in [-0.25, -0.2) is 17.5 Å². The molecule has 1 atom stereocenters. The third kappa shape index (κ3) is 5.03. The molecule has 1 aliphatic rings. The fraction of sp³-hybridized carbons (Fsp3) is 0.368. The predicted octanol–water partition coefficient (Wildman–Crippen LogP) is 3.08. The summed E-state index contributed by atoms with van der Waals surface area (Å²) in [6.45, 7) is 4.02. The smallest absolute Gasteiger partial charge is 0.215 e. The van der Waals surface area contributed by atoms with Gasteiger partial charge in [0.15, 0.2) is 0 Å². The molecule has 134 valence electrons. The molecule has 1 saturated heterocycles. The summed E-state index contributed by atoms with van der Waals surface area (Å²) in [6.07, 6.45) is 0.921. The molecule has 0 saturated carbocycles. The number of anilines is 1. The Balaban J connectivity index is 1.52. The van der Waals surface area contributed by atoms with E-state index < -0.39 is 10.0 Å². The molecule has 0 radical (unpaired) electrons. The topological polar surface area (TPSA) is 49.4 Å². The minimum atomic E-state index is -3.34. The number of nitrogens with one attached hydrogen (secondary N) is 1. The maximum absolute atomic E-state index is 13.0. The molecule has 0 amide bonds. The highest BCUT2D eigenvalue weighted by Gasteiger charge is 2.24. The summed E-state index contributed by atoms with van der Waals surface area (Å²) >= 11 is 0. The third-order valence-corrected chi connectivity index (χ3v) is 5.83. The van der Waals surface area contributed by atoms with Crippen LogP contribution in [-0.4, -0.2) is 28.1 Å². The lowest BCUT2D eigenvalue weighted by atomic mass is 10.1. The van der Waals surface area contributed by atoms with Crippen LogP contribution in [0.1, 0.15) is 17.5 Å². The normalized spacial score (nSPS) is 17.8. The molecule has 3 rings (SSSR count). The van der Waals surface area contributed by atoms with E-state index in [1.807, 2.05) is 31.2 Å². The lowest BCUT2D eigenvalue weighted by molar-refractivity contribution is 0.541. The lowest BCUT2D eigenvalue weighted by Gasteiger charge is -2.19. The average molecular weight is 362 g/mol. The van der Waals surface area contributed by atoms with Gasteiger partial charge in [-0.1, -0.05) is 29.8 Å². The second-order valence-corrected chi connectivity index (χ2v) is 8.48. The quantitative estimate of drug-likeness (QED) is 0.859. The van der Waals surface area contributed by atoms with E-state index in [-0.39, 0.29) is 17.5 Å². The Hall–Kier alpha value is -1.92. The Morgan fingerprint density at radius 1 is 1.20 bits per heavy atom. The average Bonchev–Trinajstić information content (AvgIpc) is 3.02. The van der Waals surface area contributed by atoms with Crippen LogP contribution in [0.5, 0.6) is 0 Å². The molecule has 0 bridgehead atoms. The highest BCUT2D eigenvalue weighted by molar-refractivity contribution is 7.88. The molecule has 2 aromatic rings. The first kappa shape index (κ1) is 17.9. The van der Waals surface area contributed by atoms with E-state index in [1.54, 1.807) is 12.1 Å². The number of nitrogens with zero attached hydrogens (tertiary/aromatic N) is 1. The molecule has 4 nitrogen and oxygen atoms in total. The van der Waals surface area contributed by atoms with Gasteiger partial charge in [0, 0.05) is 25.3 Å². The zero-order chi connectivity index (χ0) is 17.9. The van der Waals surface area contributed by atoms with Crippen molar-refractivity contribution in [3.63, 3.8) is 0 Å². The maximum Gasteiger partial charge on any atom is 0.215 e. The van der Waals surface area contributed by atoms with Crippen LogP contribution >= 0.6 is 0 Å². The second kappa shape index (κ2) is 7.54. The molecule has 1 unspecified atom stereocenters. The van der Waals surface area contributed by atoms with E-state index in [9.17, 15) is 12.8 Å². The minimum Gasteiger partial charge on any atom is -0.371 e. The molecular formula is C19H23FN2O2S. The number of rotatable bonds is 6. The fourth-order valence-electron chi connectivity index (χ4n) is 3.20. The largest absolute Gasteiger partial charge is 0.371 e. The number of hydrogen-bond acceptors (Lipinski definition) is 3. The third-order valence-electron chi connectivity index (χ3n) is 4.51. The van der Waals surface area contributed by atoms with Gasteiger partial charge in [-0.3, -0.25) is 0 Å². The van der Waals surface area contributed by atoms with Gasteiger partial charge in [0.1, 0.15) is 5.82 Å². The summed E-state index contributed by atoms with van der Waals surface area (Å²) in [4.78, 5) is 2.17. The monoisotopic (exact) mass is 362 g/mol. The molecule has 1 fully saturated rings.